The highest BCUT2D eigenvalue weighted by Gasteiger charge is 2.05. The highest BCUT2D eigenvalue weighted by Crippen LogP contribution is 2.12. The molecule has 5 nitrogen and oxygen atoms in total. The van der Waals surface area contributed by atoms with Gasteiger partial charge in [0.2, 0.25) is 0 Å². The lowest BCUT2D eigenvalue weighted by molar-refractivity contribution is -0.140. The van der Waals surface area contributed by atoms with Crippen LogP contribution in [-0.2, 0) is 19.1 Å². The molecule has 24 heavy (non-hydrogen) atoms. The van der Waals surface area contributed by atoms with E-state index in [0.29, 0.717) is 13.0 Å². The lowest BCUT2D eigenvalue weighted by atomic mass is 10.0. The molecule has 1 atom stereocenters. The van der Waals surface area contributed by atoms with Gasteiger partial charge in [0.1, 0.15) is 13.2 Å². The number of hydrogen-bond donors (Lipinski definition) is 1. The van der Waals surface area contributed by atoms with Gasteiger partial charge >= 0.3 is 11.9 Å². The predicted octanol–water partition coefficient (Wildman–Crippen LogP) is 3.48. The zero-order valence-corrected chi connectivity index (χ0v) is 15.4. The summed E-state index contributed by atoms with van der Waals surface area (Å²) >= 11 is 0. The van der Waals surface area contributed by atoms with Crippen molar-refractivity contribution in [2.75, 3.05) is 13.2 Å². The van der Waals surface area contributed by atoms with Crippen LogP contribution in [0.3, 0.4) is 0 Å². The second kappa shape index (κ2) is 12.5. The van der Waals surface area contributed by atoms with Gasteiger partial charge in [0.15, 0.2) is 0 Å². The zero-order chi connectivity index (χ0) is 18.5. The molecule has 0 aliphatic carbocycles. The molecule has 0 saturated heterocycles. The topological polar surface area (TPSA) is 72.8 Å². The molecule has 0 aromatic carbocycles. The Balaban J connectivity index is 4.20. The summed E-state index contributed by atoms with van der Waals surface area (Å²) in [4.78, 5) is 21.4. The van der Waals surface area contributed by atoms with Gasteiger partial charge in [-0.25, -0.2) is 0 Å². The first-order chi connectivity index (χ1) is 11.2. The van der Waals surface area contributed by atoms with Crippen molar-refractivity contribution in [3.63, 3.8) is 0 Å². The molecule has 0 rings (SSSR count). The van der Waals surface area contributed by atoms with E-state index < -0.39 is 6.10 Å². The molecule has 0 fully saturated rings. The summed E-state index contributed by atoms with van der Waals surface area (Å²) in [5.74, 6) is -0.591. The summed E-state index contributed by atoms with van der Waals surface area (Å²) in [6, 6.07) is 0. The van der Waals surface area contributed by atoms with Gasteiger partial charge in [-0.1, -0.05) is 17.7 Å². The number of carbonyl (C=O) groups is 2. The molecule has 0 aliphatic heterocycles. The molecule has 0 aromatic rings. The third-order valence-electron chi connectivity index (χ3n) is 3.44. The average molecular weight is 338 g/mol. The zero-order valence-electron chi connectivity index (χ0n) is 15.4. The molecule has 0 saturated carbocycles. The van der Waals surface area contributed by atoms with E-state index in [0.717, 1.165) is 29.6 Å². The van der Waals surface area contributed by atoms with E-state index in [-0.39, 0.29) is 18.5 Å². The van der Waals surface area contributed by atoms with Gasteiger partial charge in [0.05, 0.1) is 6.10 Å². The van der Waals surface area contributed by atoms with Gasteiger partial charge in [-0.3, -0.25) is 9.59 Å². The maximum atomic E-state index is 10.7. The monoisotopic (exact) mass is 338 g/mol. The number of hydrogen-bond acceptors (Lipinski definition) is 5. The molecule has 0 unspecified atom stereocenters. The summed E-state index contributed by atoms with van der Waals surface area (Å²) in [5, 5.41) is 10.1. The standard InChI is InChI=1S/C19H30O5/c1-14(11-12-23-17(4)20)7-6-8-16(3)19(22)10-9-15(2)13-24-18(5)21/h8-9,11,19,22H,6-7,10,12-13H2,1-5H3/b14-11+,15-9+,16-8+/t19-/m1/s1. The van der Waals surface area contributed by atoms with Crippen LogP contribution in [0, 0.1) is 0 Å². The van der Waals surface area contributed by atoms with Crippen molar-refractivity contribution >= 4 is 11.9 Å². The number of carbonyl (C=O) groups excluding carboxylic acids is 2. The van der Waals surface area contributed by atoms with Crippen LogP contribution in [-0.4, -0.2) is 36.4 Å². The lowest BCUT2D eigenvalue weighted by Crippen LogP contribution is -2.08. The molecule has 1 N–H and O–H groups in total. The number of aliphatic hydroxyl groups excluding tert-OH is 1. The first-order valence-corrected chi connectivity index (χ1v) is 8.15. The SMILES string of the molecule is CC(=O)OC/C=C(\C)CC/C=C(\C)[C@H](O)C/C=C(\C)COC(C)=O. The molecule has 0 bridgehead atoms. The molecule has 0 amide bonds. The van der Waals surface area contributed by atoms with Crippen LogP contribution in [0.5, 0.6) is 0 Å². The number of esters is 2. The summed E-state index contributed by atoms with van der Waals surface area (Å²) in [5.41, 5.74) is 2.98. The van der Waals surface area contributed by atoms with Crippen LogP contribution >= 0.6 is 0 Å². The van der Waals surface area contributed by atoms with Crippen LogP contribution in [0.2, 0.25) is 0 Å². The fraction of sp³-hybridized carbons (Fsp3) is 0.579. The molecule has 5 heteroatoms. The van der Waals surface area contributed by atoms with Crippen molar-refractivity contribution in [2.45, 2.75) is 60.0 Å². The van der Waals surface area contributed by atoms with E-state index in [2.05, 4.69) is 0 Å². The van der Waals surface area contributed by atoms with Crippen molar-refractivity contribution in [3.8, 4) is 0 Å². The first-order valence-electron chi connectivity index (χ1n) is 8.15. The van der Waals surface area contributed by atoms with Crippen molar-refractivity contribution in [3.05, 3.63) is 34.9 Å². The van der Waals surface area contributed by atoms with Crippen molar-refractivity contribution in [1.29, 1.82) is 0 Å². The Morgan fingerprint density at radius 2 is 1.54 bits per heavy atom. The van der Waals surface area contributed by atoms with E-state index in [1.54, 1.807) is 0 Å². The fourth-order valence-electron chi connectivity index (χ4n) is 1.84. The third kappa shape index (κ3) is 12.6. The maximum absolute atomic E-state index is 10.7. The molecule has 136 valence electrons. The van der Waals surface area contributed by atoms with Crippen LogP contribution in [0.4, 0.5) is 0 Å². The molecule has 0 aromatic heterocycles. The van der Waals surface area contributed by atoms with E-state index in [1.165, 1.54) is 13.8 Å². The minimum atomic E-state index is -0.539. The second-order valence-corrected chi connectivity index (χ2v) is 5.92. The third-order valence-corrected chi connectivity index (χ3v) is 3.44. The van der Waals surface area contributed by atoms with Gasteiger partial charge in [-0.2, -0.15) is 0 Å². The Morgan fingerprint density at radius 1 is 0.917 bits per heavy atom. The van der Waals surface area contributed by atoms with Gasteiger partial charge in [-0.05, 0) is 57.3 Å². The molecular weight excluding hydrogens is 308 g/mol. The lowest BCUT2D eigenvalue weighted by Gasteiger charge is -2.10. The highest BCUT2D eigenvalue weighted by molar-refractivity contribution is 5.66. The number of ether oxygens (including phenoxy) is 2. The average Bonchev–Trinajstić information content (AvgIpc) is 2.49. The fourth-order valence-corrected chi connectivity index (χ4v) is 1.84. The normalized spacial score (nSPS) is 14.3. The Kier molecular flexibility index (Phi) is 11.5. The Bertz CT molecular complexity index is 500. The molecule has 0 radical (unpaired) electrons. The van der Waals surface area contributed by atoms with Crippen molar-refractivity contribution < 1.29 is 24.2 Å². The summed E-state index contributed by atoms with van der Waals surface area (Å²) in [6.07, 6.45) is 7.42. The first kappa shape index (κ1) is 22.1. The Morgan fingerprint density at radius 3 is 2.12 bits per heavy atom. The summed E-state index contributed by atoms with van der Waals surface area (Å²) < 4.78 is 9.75. The predicted molar refractivity (Wildman–Crippen MR) is 94.4 cm³/mol. The highest BCUT2D eigenvalue weighted by atomic mass is 16.5. The van der Waals surface area contributed by atoms with E-state index in [4.69, 9.17) is 9.47 Å². The van der Waals surface area contributed by atoms with Crippen LogP contribution < -0.4 is 0 Å². The molecule has 0 aliphatic rings. The number of rotatable bonds is 10. The van der Waals surface area contributed by atoms with Crippen molar-refractivity contribution in [2.24, 2.45) is 0 Å². The van der Waals surface area contributed by atoms with Crippen LogP contribution in [0.1, 0.15) is 53.9 Å². The van der Waals surface area contributed by atoms with Gasteiger partial charge in [0.25, 0.3) is 0 Å². The van der Waals surface area contributed by atoms with E-state index in [9.17, 15) is 14.7 Å². The van der Waals surface area contributed by atoms with Crippen LogP contribution in [0.15, 0.2) is 34.9 Å². The van der Waals surface area contributed by atoms with E-state index >= 15 is 0 Å². The number of allylic oxidation sites excluding steroid dienone is 2. The minimum Gasteiger partial charge on any atom is -0.462 e. The molecular formula is C19H30O5. The maximum Gasteiger partial charge on any atom is 0.302 e. The molecule has 0 heterocycles. The van der Waals surface area contributed by atoms with Crippen molar-refractivity contribution in [1.82, 2.24) is 0 Å². The summed E-state index contributed by atoms with van der Waals surface area (Å²) in [7, 11) is 0. The number of aliphatic hydroxyl groups is 1. The van der Waals surface area contributed by atoms with Gasteiger partial charge in [-0.15, -0.1) is 0 Å². The van der Waals surface area contributed by atoms with Gasteiger partial charge in [0, 0.05) is 13.8 Å². The summed E-state index contributed by atoms with van der Waals surface area (Å²) in [6.45, 7) is 9.08. The second-order valence-electron chi connectivity index (χ2n) is 5.92. The Hall–Kier alpha value is -1.88. The van der Waals surface area contributed by atoms with E-state index in [1.807, 2.05) is 39.0 Å². The largest absolute Gasteiger partial charge is 0.462 e. The quantitative estimate of drug-likeness (QED) is 0.488. The van der Waals surface area contributed by atoms with Crippen LogP contribution in [0.25, 0.3) is 0 Å². The minimum absolute atomic E-state index is 0.261. The smallest absolute Gasteiger partial charge is 0.302 e. The Labute approximate surface area is 145 Å². The van der Waals surface area contributed by atoms with Gasteiger partial charge < -0.3 is 14.6 Å². The molecule has 0 spiro atoms.